The van der Waals surface area contributed by atoms with Crippen LogP contribution < -0.4 is 5.73 Å². The quantitative estimate of drug-likeness (QED) is 0.786. The van der Waals surface area contributed by atoms with Gasteiger partial charge in [-0.25, -0.2) is 4.98 Å². The van der Waals surface area contributed by atoms with E-state index in [1.165, 1.54) is 37.1 Å². The average molecular weight is 220 g/mol. The predicted molar refractivity (Wildman–Crippen MR) is 62.9 cm³/mol. The monoisotopic (exact) mass is 220 g/mol. The maximum absolute atomic E-state index is 6.07. The summed E-state index contributed by atoms with van der Waals surface area (Å²) in [6.45, 7) is 3.09. The molecular weight excluding hydrogens is 200 g/mol. The zero-order valence-electron chi connectivity index (χ0n) is 9.82. The van der Waals surface area contributed by atoms with E-state index >= 15 is 0 Å². The molecule has 1 aromatic heterocycles. The summed E-state index contributed by atoms with van der Waals surface area (Å²) in [5.41, 5.74) is 8.48. The molecule has 2 bridgehead atoms. The Labute approximate surface area is 96.2 Å². The molecule has 2 fully saturated rings. The van der Waals surface area contributed by atoms with Gasteiger partial charge in [0.05, 0.1) is 12.0 Å². The van der Waals surface area contributed by atoms with Crippen molar-refractivity contribution < 1.29 is 0 Å². The van der Waals surface area contributed by atoms with Gasteiger partial charge in [0.15, 0.2) is 0 Å². The first-order valence-electron chi connectivity index (χ1n) is 6.24. The number of imidazole rings is 1. The molecule has 4 nitrogen and oxygen atoms in total. The number of rotatable bonds is 2. The Morgan fingerprint density at radius 2 is 2.12 bits per heavy atom. The van der Waals surface area contributed by atoms with Crippen molar-refractivity contribution in [3.05, 3.63) is 17.7 Å². The number of hydrogen-bond donors (Lipinski definition) is 2. The summed E-state index contributed by atoms with van der Waals surface area (Å²) < 4.78 is 0. The van der Waals surface area contributed by atoms with Gasteiger partial charge in [-0.05, 0) is 32.6 Å². The SMILES string of the molecule is Cc1[nH]cnc1CN1C2CCC1CC(N)C2. The number of nitrogens with two attached hydrogens (primary N) is 1. The number of H-pyrrole nitrogens is 1. The summed E-state index contributed by atoms with van der Waals surface area (Å²) in [5.74, 6) is 0. The summed E-state index contributed by atoms with van der Waals surface area (Å²) in [5, 5.41) is 0. The fraction of sp³-hybridized carbons (Fsp3) is 0.750. The van der Waals surface area contributed by atoms with Crippen LogP contribution in [-0.2, 0) is 6.54 Å². The fourth-order valence-electron chi connectivity index (χ4n) is 3.29. The first-order valence-corrected chi connectivity index (χ1v) is 6.24. The molecule has 2 unspecified atom stereocenters. The highest BCUT2D eigenvalue weighted by Gasteiger charge is 2.39. The molecule has 0 aliphatic carbocycles. The van der Waals surface area contributed by atoms with Crippen LogP contribution in [0.4, 0.5) is 0 Å². The summed E-state index contributed by atoms with van der Waals surface area (Å²) in [6.07, 6.45) is 6.77. The maximum atomic E-state index is 6.07. The van der Waals surface area contributed by atoms with Crippen LogP contribution in [0, 0.1) is 6.92 Å². The molecule has 3 rings (SSSR count). The number of aromatic nitrogens is 2. The molecule has 0 saturated carbocycles. The van der Waals surface area contributed by atoms with E-state index in [4.69, 9.17) is 5.73 Å². The van der Waals surface area contributed by atoms with E-state index in [1.807, 2.05) is 0 Å². The lowest BCUT2D eigenvalue weighted by Crippen LogP contribution is -2.46. The lowest BCUT2D eigenvalue weighted by Gasteiger charge is -2.37. The maximum Gasteiger partial charge on any atom is 0.0925 e. The highest BCUT2D eigenvalue weighted by molar-refractivity contribution is 5.10. The first kappa shape index (κ1) is 10.3. The van der Waals surface area contributed by atoms with E-state index in [2.05, 4.69) is 21.8 Å². The normalized spacial score (nSPS) is 34.5. The number of aromatic amines is 1. The number of piperidine rings is 1. The molecule has 16 heavy (non-hydrogen) atoms. The molecule has 2 atom stereocenters. The second-order valence-corrected chi connectivity index (χ2v) is 5.26. The smallest absolute Gasteiger partial charge is 0.0925 e. The summed E-state index contributed by atoms with van der Waals surface area (Å²) in [4.78, 5) is 10.2. The number of hydrogen-bond acceptors (Lipinski definition) is 3. The van der Waals surface area contributed by atoms with Gasteiger partial charge in [-0.1, -0.05) is 0 Å². The van der Waals surface area contributed by atoms with Crippen LogP contribution in [0.5, 0.6) is 0 Å². The Balaban J connectivity index is 1.75. The molecule has 3 heterocycles. The van der Waals surface area contributed by atoms with Gasteiger partial charge in [0.25, 0.3) is 0 Å². The third-order valence-corrected chi connectivity index (χ3v) is 4.19. The Bertz CT molecular complexity index is 359. The Kier molecular flexibility index (Phi) is 2.48. The minimum Gasteiger partial charge on any atom is -0.348 e. The summed E-state index contributed by atoms with van der Waals surface area (Å²) in [7, 11) is 0. The van der Waals surface area contributed by atoms with Gasteiger partial charge in [0, 0.05) is 30.4 Å². The van der Waals surface area contributed by atoms with Crippen molar-refractivity contribution in [2.45, 2.75) is 57.3 Å². The van der Waals surface area contributed by atoms with E-state index in [0.29, 0.717) is 18.1 Å². The molecule has 0 spiro atoms. The summed E-state index contributed by atoms with van der Waals surface area (Å²) >= 11 is 0. The van der Waals surface area contributed by atoms with Gasteiger partial charge >= 0.3 is 0 Å². The van der Waals surface area contributed by atoms with Gasteiger partial charge in [-0.15, -0.1) is 0 Å². The number of aryl methyl sites for hydroxylation is 1. The highest BCUT2D eigenvalue weighted by Crippen LogP contribution is 2.36. The van der Waals surface area contributed by atoms with Crippen molar-refractivity contribution >= 4 is 0 Å². The van der Waals surface area contributed by atoms with Gasteiger partial charge < -0.3 is 10.7 Å². The lowest BCUT2D eigenvalue weighted by molar-refractivity contribution is 0.118. The van der Waals surface area contributed by atoms with E-state index in [9.17, 15) is 0 Å². The number of nitrogens with zero attached hydrogens (tertiary/aromatic N) is 2. The van der Waals surface area contributed by atoms with Gasteiger partial charge in [-0.2, -0.15) is 0 Å². The second-order valence-electron chi connectivity index (χ2n) is 5.26. The van der Waals surface area contributed by atoms with Crippen LogP contribution in [0.25, 0.3) is 0 Å². The summed E-state index contributed by atoms with van der Waals surface area (Å²) in [6, 6.07) is 1.82. The molecule has 0 aromatic carbocycles. The lowest BCUT2D eigenvalue weighted by atomic mass is 9.98. The molecule has 2 aliphatic heterocycles. The number of fused-ring (bicyclic) bond motifs is 2. The second kappa shape index (κ2) is 3.86. The third kappa shape index (κ3) is 1.66. The van der Waals surface area contributed by atoms with Crippen LogP contribution in [0.15, 0.2) is 6.33 Å². The largest absolute Gasteiger partial charge is 0.348 e. The van der Waals surface area contributed by atoms with Crippen LogP contribution in [0.3, 0.4) is 0 Å². The Hall–Kier alpha value is -0.870. The minimum atomic E-state index is 0.425. The van der Waals surface area contributed by atoms with Crippen molar-refractivity contribution in [2.75, 3.05) is 0 Å². The van der Waals surface area contributed by atoms with E-state index in [1.54, 1.807) is 6.33 Å². The zero-order chi connectivity index (χ0) is 11.1. The minimum absolute atomic E-state index is 0.425. The molecule has 1 aromatic rings. The average Bonchev–Trinajstić information content (AvgIpc) is 2.73. The molecule has 0 radical (unpaired) electrons. The van der Waals surface area contributed by atoms with E-state index in [0.717, 1.165) is 6.54 Å². The topological polar surface area (TPSA) is 57.9 Å². The van der Waals surface area contributed by atoms with Crippen molar-refractivity contribution in [1.82, 2.24) is 14.9 Å². The van der Waals surface area contributed by atoms with Crippen LogP contribution in [0.2, 0.25) is 0 Å². The van der Waals surface area contributed by atoms with E-state index in [-0.39, 0.29) is 0 Å². The standard InChI is InChI=1S/C12H20N4/c1-8-12(15-7-14-8)6-16-10-2-3-11(16)5-9(13)4-10/h7,9-11H,2-6,13H2,1H3,(H,14,15). The molecule has 2 saturated heterocycles. The molecule has 88 valence electrons. The van der Waals surface area contributed by atoms with E-state index < -0.39 is 0 Å². The van der Waals surface area contributed by atoms with Crippen LogP contribution in [0.1, 0.15) is 37.1 Å². The zero-order valence-corrected chi connectivity index (χ0v) is 9.82. The number of nitrogens with one attached hydrogen (secondary N) is 1. The molecule has 4 heteroatoms. The van der Waals surface area contributed by atoms with Gasteiger partial charge in [0.2, 0.25) is 0 Å². The first-order chi connectivity index (χ1) is 7.74. The van der Waals surface area contributed by atoms with Gasteiger partial charge in [0.1, 0.15) is 0 Å². The predicted octanol–water partition coefficient (Wildman–Crippen LogP) is 1.17. The van der Waals surface area contributed by atoms with Crippen molar-refractivity contribution in [2.24, 2.45) is 5.73 Å². The molecule has 3 N–H and O–H groups in total. The fourth-order valence-corrected chi connectivity index (χ4v) is 3.29. The van der Waals surface area contributed by atoms with Crippen LogP contribution >= 0.6 is 0 Å². The molecule has 2 aliphatic rings. The van der Waals surface area contributed by atoms with Crippen molar-refractivity contribution in [3.8, 4) is 0 Å². The Morgan fingerprint density at radius 1 is 1.44 bits per heavy atom. The van der Waals surface area contributed by atoms with Crippen LogP contribution in [-0.4, -0.2) is 33.0 Å². The van der Waals surface area contributed by atoms with Crippen molar-refractivity contribution in [3.63, 3.8) is 0 Å². The Morgan fingerprint density at radius 3 is 2.69 bits per heavy atom. The third-order valence-electron chi connectivity index (χ3n) is 4.19. The molecule has 0 amide bonds. The molecular formula is C12H20N4. The van der Waals surface area contributed by atoms with Crippen molar-refractivity contribution in [1.29, 1.82) is 0 Å². The highest BCUT2D eigenvalue weighted by atomic mass is 15.2. The van der Waals surface area contributed by atoms with Gasteiger partial charge in [-0.3, -0.25) is 4.90 Å².